The number of para-hydroxylation sites is 2. The molecular weight excluding hydrogens is 352 g/mol. The van der Waals surface area contributed by atoms with E-state index in [0.29, 0.717) is 13.0 Å². The Balaban J connectivity index is 1.49. The molecule has 1 fully saturated rings. The van der Waals surface area contributed by atoms with Crippen LogP contribution in [0.4, 0.5) is 5.69 Å². The quantitative estimate of drug-likeness (QED) is 0.754. The molecule has 28 heavy (non-hydrogen) atoms. The summed E-state index contributed by atoms with van der Waals surface area (Å²) in [6, 6.07) is 16.2. The molecule has 0 aromatic heterocycles. The Labute approximate surface area is 167 Å². The van der Waals surface area contributed by atoms with Crippen LogP contribution in [0.2, 0.25) is 0 Å². The maximum atomic E-state index is 12.4. The van der Waals surface area contributed by atoms with Gasteiger partial charge in [0.1, 0.15) is 11.5 Å². The lowest BCUT2D eigenvalue weighted by atomic mass is 10.0. The first-order valence-corrected chi connectivity index (χ1v) is 10.1. The summed E-state index contributed by atoms with van der Waals surface area (Å²) in [5.41, 5.74) is 2.25. The number of amides is 1. The van der Waals surface area contributed by atoms with E-state index in [-0.39, 0.29) is 11.9 Å². The van der Waals surface area contributed by atoms with E-state index in [1.807, 2.05) is 49.4 Å². The minimum absolute atomic E-state index is 0.112. The van der Waals surface area contributed by atoms with E-state index in [4.69, 9.17) is 9.47 Å². The molecule has 2 aromatic rings. The fourth-order valence-corrected chi connectivity index (χ4v) is 3.68. The zero-order chi connectivity index (χ0) is 19.8. The van der Waals surface area contributed by atoms with Crippen molar-refractivity contribution in [1.29, 1.82) is 0 Å². The molecule has 1 aliphatic heterocycles. The number of hydrogen-bond acceptors (Lipinski definition) is 4. The Morgan fingerprint density at radius 1 is 1.18 bits per heavy atom. The van der Waals surface area contributed by atoms with Crippen LogP contribution >= 0.6 is 0 Å². The third kappa shape index (κ3) is 5.41. The number of rotatable bonds is 8. The van der Waals surface area contributed by atoms with Gasteiger partial charge in [0.25, 0.3) is 0 Å². The van der Waals surface area contributed by atoms with Crippen LogP contribution in [0.3, 0.4) is 0 Å². The van der Waals surface area contributed by atoms with Gasteiger partial charge in [-0.2, -0.15) is 0 Å². The smallest absolute Gasteiger partial charge is 0.220 e. The van der Waals surface area contributed by atoms with E-state index < -0.39 is 0 Å². The molecular formula is C23H30N2O3. The van der Waals surface area contributed by atoms with Gasteiger partial charge in [-0.15, -0.1) is 0 Å². The molecule has 1 saturated heterocycles. The van der Waals surface area contributed by atoms with Crippen molar-refractivity contribution in [2.24, 2.45) is 0 Å². The van der Waals surface area contributed by atoms with Gasteiger partial charge in [0.15, 0.2) is 0 Å². The predicted octanol–water partition coefficient (Wildman–Crippen LogP) is 3.81. The fraction of sp³-hybridized carbons (Fsp3) is 0.435. The van der Waals surface area contributed by atoms with Crippen LogP contribution in [-0.2, 0) is 11.2 Å². The highest BCUT2D eigenvalue weighted by molar-refractivity contribution is 5.76. The normalized spacial score (nSPS) is 16.5. The molecule has 1 N–H and O–H groups in total. The number of benzene rings is 2. The number of nitrogens with zero attached hydrogens (tertiary/aromatic N) is 1. The molecule has 1 heterocycles. The lowest BCUT2D eigenvalue weighted by Crippen LogP contribution is -2.48. The van der Waals surface area contributed by atoms with Crippen molar-refractivity contribution in [3.8, 4) is 11.5 Å². The first-order chi connectivity index (χ1) is 13.7. The van der Waals surface area contributed by atoms with Gasteiger partial charge in [0.2, 0.25) is 5.91 Å². The molecule has 1 aliphatic rings. The predicted molar refractivity (Wildman–Crippen MR) is 112 cm³/mol. The second-order valence-corrected chi connectivity index (χ2v) is 7.10. The van der Waals surface area contributed by atoms with E-state index in [1.54, 1.807) is 7.11 Å². The highest BCUT2D eigenvalue weighted by atomic mass is 16.5. The van der Waals surface area contributed by atoms with Crippen molar-refractivity contribution < 1.29 is 14.3 Å². The number of methoxy groups -OCH3 is 1. The number of ether oxygens (including phenoxy) is 2. The van der Waals surface area contributed by atoms with Crippen molar-refractivity contribution in [3.05, 3.63) is 54.1 Å². The average Bonchev–Trinajstić information content (AvgIpc) is 2.73. The molecule has 0 bridgehead atoms. The minimum atomic E-state index is 0.112. The number of carbonyl (C=O) groups is 1. The topological polar surface area (TPSA) is 50.8 Å². The molecule has 0 radical (unpaired) electrons. The van der Waals surface area contributed by atoms with Gasteiger partial charge in [-0.05, 0) is 56.0 Å². The summed E-state index contributed by atoms with van der Waals surface area (Å²) in [4.78, 5) is 14.7. The Hall–Kier alpha value is -2.69. The number of aryl methyl sites for hydroxylation is 1. The molecule has 5 heteroatoms. The second-order valence-electron chi connectivity index (χ2n) is 7.10. The second kappa shape index (κ2) is 10.0. The van der Waals surface area contributed by atoms with Crippen molar-refractivity contribution in [2.45, 2.75) is 38.6 Å². The monoisotopic (exact) mass is 382 g/mol. The molecule has 1 amide bonds. The molecule has 150 valence electrons. The first-order valence-electron chi connectivity index (χ1n) is 10.1. The van der Waals surface area contributed by atoms with E-state index >= 15 is 0 Å². The van der Waals surface area contributed by atoms with Gasteiger partial charge in [-0.3, -0.25) is 4.79 Å². The number of piperidine rings is 1. The number of hydrogen-bond donors (Lipinski definition) is 1. The maximum absolute atomic E-state index is 12.4. The third-order valence-electron chi connectivity index (χ3n) is 5.09. The first kappa shape index (κ1) is 20.1. The van der Waals surface area contributed by atoms with E-state index in [9.17, 15) is 4.79 Å². The van der Waals surface area contributed by atoms with E-state index in [1.165, 1.54) is 0 Å². The molecule has 0 spiro atoms. The molecule has 2 aromatic carbocycles. The highest BCUT2D eigenvalue weighted by Crippen LogP contribution is 2.29. The fourth-order valence-electron chi connectivity index (χ4n) is 3.68. The number of carbonyl (C=O) groups excluding carboxylic acids is 1. The Bertz CT molecular complexity index is 761. The van der Waals surface area contributed by atoms with Crippen molar-refractivity contribution >= 4 is 11.6 Å². The largest absolute Gasteiger partial charge is 0.495 e. The van der Waals surface area contributed by atoms with Gasteiger partial charge >= 0.3 is 0 Å². The van der Waals surface area contributed by atoms with Gasteiger partial charge in [0.05, 0.1) is 19.4 Å². The Morgan fingerprint density at radius 2 is 1.96 bits per heavy atom. The lowest BCUT2D eigenvalue weighted by molar-refractivity contribution is -0.121. The SMILES string of the molecule is CCOc1ccc(CCC(=O)NC2CCCN(c3ccccc3OC)C2)cc1. The number of anilines is 1. The van der Waals surface area contributed by atoms with Crippen LogP contribution < -0.4 is 19.7 Å². The molecule has 1 unspecified atom stereocenters. The molecule has 5 nitrogen and oxygen atoms in total. The highest BCUT2D eigenvalue weighted by Gasteiger charge is 2.23. The molecule has 3 rings (SSSR count). The van der Waals surface area contributed by atoms with Crippen molar-refractivity contribution in [1.82, 2.24) is 5.32 Å². The number of nitrogens with one attached hydrogen (secondary N) is 1. The van der Waals surface area contributed by atoms with Crippen LogP contribution in [0.1, 0.15) is 31.7 Å². The molecule has 0 saturated carbocycles. The van der Waals surface area contributed by atoms with Crippen LogP contribution in [0.5, 0.6) is 11.5 Å². The van der Waals surface area contributed by atoms with Gasteiger partial charge in [-0.1, -0.05) is 24.3 Å². The van der Waals surface area contributed by atoms with E-state index in [2.05, 4.69) is 16.3 Å². The summed E-state index contributed by atoms with van der Waals surface area (Å²) in [6.07, 6.45) is 3.31. The summed E-state index contributed by atoms with van der Waals surface area (Å²) < 4.78 is 10.9. The summed E-state index contributed by atoms with van der Waals surface area (Å²) >= 11 is 0. The Kier molecular flexibility index (Phi) is 7.18. The van der Waals surface area contributed by atoms with Crippen molar-refractivity contribution in [3.63, 3.8) is 0 Å². The lowest BCUT2D eigenvalue weighted by Gasteiger charge is -2.35. The van der Waals surface area contributed by atoms with E-state index in [0.717, 1.165) is 55.1 Å². The third-order valence-corrected chi connectivity index (χ3v) is 5.09. The van der Waals surface area contributed by atoms with Crippen molar-refractivity contribution in [2.75, 3.05) is 31.7 Å². The van der Waals surface area contributed by atoms with Gasteiger partial charge in [-0.25, -0.2) is 0 Å². The zero-order valence-electron chi connectivity index (χ0n) is 16.8. The zero-order valence-corrected chi connectivity index (χ0v) is 16.8. The molecule has 1 atom stereocenters. The summed E-state index contributed by atoms with van der Waals surface area (Å²) in [6.45, 7) is 4.43. The van der Waals surface area contributed by atoms with Gasteiger partial charge < -0.3 is 19.7 Å². The molecule has 0 aliphatic carbocycles. The standard InChI is InChI=1S/C23H30N2O3/c1-3-28-20-13-10-18(11-14-20)12-15-23(26)24-19-7-6-16-25(17-19)21-8-4-5-9-22(21)27-2/h4-5,8-11,13-14,19H,3,6-7,12,15-17H2,1-2H3,(H,24,26). The van der Waals surface area contributed by atoms with Crippen LogP contribution in [0, 0.1) is 0 Å². The maximum Gasteiger partial charge on any atom is 0.220 e. The summed E-state index contributed by atoms with van der Waals surface area (Å²) in [5, 5.41) is 3.21. The summed E-state index contributed by atoms with van der Waals surface area (Å²) in [7, 11) is 1.70. The van der Waals surface area contributed by atoms with Crippen LogP contribution in [-0.4, -0.2) is 38.8 Å². The summed E-state index contributed by atoms with van der Waals surface area (Å²) in [5.74, 6) is 1.86. The van der Waals surface area contributed by atoms with Gasteiger partial charge in [0, 0.05) is 25.6 Å². The van der Waals surface area contributed by atoms with Crippen LogP contribution in [0.25, 0.3) is 0 Å². The van der Waals surface area contributed by atoms with Crippen LogP contribution in [0.15, 0.2) is 48.5 Å². The average molecular weight is 383 g/mol. The minimum Gasteiger partial charge on any atom is -0.495 e. The Morgan fingerprint density at radius 3 is 2.71 bits per heavy atom.